The summed E-state index contributed by atoms with van der Waals surface area (Å²) in [5, 5.41) is 0. The molecule has 5 heteroatoms. The van der Waals surface area contributed by atoms with Crippen LogP contribution in [0, 0.1) is 11.8 Å². The molecule has 1 fully saturated rings. The van der Waals surface area contributed by atoms with Gasteiger partial charge in [0.1, 0.15) is 11.3 Å². The summed E-state index contributed by atoms with van der Waals surface area (Å²) in [7, 11) is 0. The molecule has 0 bridgehead atoms. The smallest absolute Gasteiger partial charge is 0.160 e. The second-order valence-corrected chi connectivity index (χ2v) is 7.39. The Labute approximate surface area is 139 Å². The number of rotatable bonds is 4. The first-order chi connectivity index (χ1) is 10.2. The van der Waals surface area contributed by atoms with Crippen LogP contribution in [0.3, 0.4) is 0 Å². The molecular formula is C16H21BrClN3. The van der Waals surface area contributed by atoms with E-state index in [1.165, 1.54) is 25.7 Å². The molecule has 1 saturated carbocycles. The summed E-state index contributed by atoms with van der Waals surface area (Å²) in [6.07, 6.45) is 8.05. The van der Waals surface area contributed by atoms with Crippen molar-refractivity contribution in [3.63, 3.8) is 0 Å². The molecule has 2 aromatic rings. The molecule has 2 unspecified atom stereocenters. The SMILES string of the molecule is CC1CCCCC1Cn1c(CCCl)nc2cc(Br)cnc21. The largest absolute Gasteiger partial charge is 0.312 e. The Bertz CT molecular complexity index is 625. The summed E-state index contributed by atoms with van der Waals surface area (Å²) in [4.78, 5) is 9.32. The maximum atomic E-state index is 5.96. The van der Waals surface area contributed by atoms with Crippen LogP contribution >= 0.6 is 27.5 Å². The Hall–Kier alpha value is -0.610. The number of pyridine rings is 1. The molecule has 2 heterocycles. The van der Waals surface area contributed by atoms with E-state index < -0.39 is 0 Å². The summed E-state index contributed by atoms with van der Waals surface area (Å²) in [5.41, 5.74) is 1.96. The summed E-state index contributed by atoms with van der Waals surface area (Å²) < 4.78 is 3.28. The van der Waals surface area contributed by atoms with Gasteiger partial charge in [-0.05, 0) is 40.3 Å². The van der Waals surface area contributed by atoms with Crippen molar-refractivity contribution in [3.05, 3.63) is 22.6 Å². The Morgan fingerprint density at radius 2 is 2.19 bits per heavy atom. The highest BCUT2D eigenvalue weighted by atomic mass is 79.9. The molecule has 1 aliphatic carbocycles. The van der Waals surface area contributed by atoms with Gasteiger partial charge in [-0.25, -0.2) is 9.97 Å². The van der Waals surface area contributed by atoms with Gasteiger partial charge in [-0.1, -0.05) is 26.2 Å². The zero-order valence-electron chi connectivity index (χ0n) is 12.4. The number of alkyl halides is 1. The van der Waals surface area contributed by atoms with Gasteiger partial charge in [-0.15, -0.1) is 11.6 Å². The van der Waals surface area contributed by atoms with E-state index in [4.69, 9.17) is 16.6 Å². The van der Waals surface area contributed by atoms with E-state index in [9.17, 15) is 0 Å². The zero-order chi connectivity index (χ0) is 14.8. The molecule has 3 nitrogen and oxygen atoms in total. The van der Waals surface area contributed by atoms with Crippen molar-refractivity contribution in [1.82, 2.24) is 14.5 Å². The minimum absolute atomic E-state index is 0.602. The summed E-state index contributed by atoms with van der Waals surface area (Å²) >= 11 is 9.43. The molecule has 2 aromatic heterocycles. The van der Waals surface area contributed by atoms with Crippen LogP contribution in [0.15, 0.2) is 16.7 Å². The van der Waals surface area contributed by atoms with Gasteiger partial charge in [0.25, 0.3) is 0 Å². The normalized spacial score (nSPS) is 22.8. The highest BCUT2D eigenvalue weighted by Crippen LogP contribution is 2.32. The third-order valence-electron chi connectivity index (χ3n) is 4.65. The van der Waals surface area contributed by atoms with Crippen molar-refractivity contribution < 1.29 is 0 Å². The van der Waals surface area contributed by atoms with Crippen LogP contribution in [0.4, 0.5) is 0 Å². The second-order valence-electron chi connectivity index (χ2n) is 6.10. The molecule has 0 aromatic carbocycles. The standard InChI is InChI=1S/C16H21BrClN3/c1-11-4-2-3-5-12(11)10-21-15(6-7-18)20-14-8-13(17)9-19-16(14)21/h8-9,11-12H,2-7,10H2,1H3. The van der Waals surface area contributed by atoms with Crippen LogP contribution in [0.1, 0.15) is 38.4 Å². The van der Waals surface area contributed by atoms with Gasteiger partial charge in [0, 0.05) is 29.5 Å². The Morgan fingerprint density at radius 1 is 1.38 bits per heavy atom. The monoisotopic (exact) mass is 369 g/mol. The molecule has 114 valence electrons. The number of hydrogen-bond acceptors (Lipinski definition) is 2. The minimum Gasteiger partial charge on any atom is -0.312 e. The average Bonchev–Trinajstić information content (AvgIpc) is 2.79. The third kappa shape index (κ3) is 3.26. The van der Waals surface area contributed by atoms with Gasteiger partial charge in [-0.2, -0.15) is 0 Å². The van der Waals surface area contributed by atoms with Crippen molar-refractivity contribution in [1.29, 1.82) is 0 Å². The van der Waals surface area contributed by atoms with Gasteiger partial charge in [0.05, 0.1) is 0 Å². The molecule has 21 heavy (non-hydrogen) atoms. The number of fused-ring (bicyclic) bond motifs is 1. The first kappa shape index (κ1) is 15.3. The fourth-order valence-electron chi connectivity index (χ4n) is 3.40. The maximum absolute atomic E-state index is 5.96. The quantitative estimate of drug-likeness (QED) is 0.724. The highest BCUT2D eigenvalue weighted by Gasteiger charge is 2.24. The molecular weight excluding hydrogens is 350 g/mol. The van der Waals surface area contributed by atoms with Crippen molar-refractivity contribution in [2.24, 2.45) is 11.8 Å². The van der Waals surface area contributed by atoms with E-state index >= 15 is 0 Å². The van der Waals surface area contributed by atoms with E-state index in [2.05, 4.69) is 32.4 Å². The molecule has 0 saturated heterocycles. The third-order valence-corrected chi connectivity index (χ3v) is 5.28. The van der Waals surface area contributed by atoms with Gasteiger partial charge < -0.3 is 4.57 Å². The maximum Gasteiger partial charge on any atom is 0.160 e. The zero-order valence-corrected chi connectivity index (χ0v) is 14.7. The lowest BCUT2D eigenvalue weighted by molar-refractivity contribution is 0.228. The number of aryl methyl sites for hydroxylation is 1. The number of imidazole rings is 1. The first-order valence-electron chi connectivity index (χ1n) is 7.75. The average molecular weight is 371 g/mol. The molecule has 0 aliphatic heterocycles. The van der Waals surface area contributed by atoms with Crippen LogP contribution in [0.2, 0.25) is 0 Å². The van der Waals surface area contributed by atoms with Gasteiger partial charge >= 0.3 is 0 Å². The number of nitrogens with zero attached hydrogens (tertiary/aromatic N) is 3. The molecule has 0 amide bonds. The lowest BCUT2D eigenvalue weighted by Gasteiger charge is -2.29. The molecule has 3 rings (SSSR count). The predicted octanol–water partition coefficient (Wildman–Crippen LogP) is 4.80. The van der Waals surface area contributed by atoms with E-state index in [1.54, 1.807) is 0 Å². The van der Waals surface area contributed by atoms with Crippen LogP contribution in [-0.2, 0) is 13.0 Å². The fourth-order valence-corrected chi connectivity index (χ4v) is 3.89. The predicted molar refractivity (Wildman–Crippen MR) is 90.8 cm³/mol. The lowest BCUT2D eigenvalue weighted by Crippen LogP contribution is -2.23. The van der Waals surface area contributed by atoms with Gasteiger partial charge in [0.2, 0.25) is 0 Å². The number of halogens is 2. The topological polar surface area (TPSA) is 30.7 Å². The van der Waals surface area contributed by atoms with Crippen LogP contribution in [-0.4, -0.2) is 20.4 Å². The van der Waals surface area contributed by atoms with Gasteiger partial charge in [-0.3, -0.25) is 0 Å². The fraction of sp³-hybridized carbons (Fsp3) is 0.625. The highest BCUT2D eigenvalue weighted by molar-refractivity contribution is 9.10. The van der Waals surface area contributed by atoms with Crippen LogP contribution < -0.4 is 0 Å². The Morgan fingerprint density at radius 3 is 2.95 bits per heavy atom. The minimum atomic E-state index is 0.602. The van der Waals surface area contributed by atoms with E-state index in [0.717, 1.165) is 46.3 Å². The number of hydrogen-bond donors (Lipinski definition) is 0. The lowest BCUT2D eigenvalue weighted by atomic mass is 9.80. The molecule has 2 atom stereocenters. The van der Waals surface area contributed by atoms with Crippen LogP contribution in [0.5, 0.6) is 0 Å². The second kappa shape index (κ2) is 6.66. The van der Waals surface area contributed by atoms with Crippen LogP contribution in [0.25, 0.3) is 11.2 Å². The van der Waals surface area contributed by atoms with E-state index in [0.29, 0.717) is 5.88 Å². The first-order valence-corrected chi connectivity index (χ1v) is 9.08. The summed E-state index contributed by atoms with van der Waals surface area (Å²) in [5.74, 6) is 3.19. The molecule has 0 spiro atoms. The van der Waals surface area contributed by atoms with E-state index in [1.807, 2.05) is 12.3 Å². The number of aromatic nitrogens is 3. The molecule has 0 N–H and O–H groups in total. The van der Waals surface area contributed by atoms with Crippen molar-refractivity contribution in [2.75, 3.05) is 5.88 Å². The van der Waals surface area contributed by atoms with Gasteiger partial charge in [0.15, 0.2) is 5.65 Å². The molecule has 1 aliphatic rings. The van der Waals surface area contributed by atoms with Crippen molar-refractivity contribution in [2.45, 2.75) is 45.6 Å². The van der Waals surface area contributed by atoms with E-state index in [-0.39, 0.29) is 0 Å². The Kier molecular flexibility index (Phi) is 4.85. The molecule has 0 radical (unpaired) electrons. The summed E-state index contributed by atoms with van der Waals surface area (Å²) in [6.45, 7) is 3.41. The Balaban J connectivity index is 1.96. The summed E-state index contributed by atoms with van der Waals surface area (Å²) in [6, 6.07) is 2.04. The van der Waals surface area contributed by atoms with Crippen molar-refractivity contribution in [3.8, 4) is 0 Å². The van der Waals surface area contributed by atoms with Crippen molar-refractivity contribution >= 4 is 38.7 Å².